The van der Waals surface area contributed by atoms with Gasteiger partial charge in [-0.25, -0.2) is 0 Å². The number of methoxy groups -OCH3 is 1. The first-order valence-electron chi connectivity index (χ1n) is 10.4. The molecule has 2 aliphatic rings. The first kappa shape index (κ1) is 19.0. The van der Waals surface area contributed by atoms with Crippen LogP contribution in [0.15, 0.2) is 30.3 Å². The Balaban J connectivity index is 1.62. The Hall–Kier alpha value is -2.38. The standard InChI is InChI=1S/C24H28N2O2/c1-16-11-13-26(19-4-3-5-19)15-22(16)24(27)18-6-8-20-17(14-18)7-9-23(28-2)21(20)10-12-25/h6-9,14,16,19,22H,3-5,10-11,13,15H2,1-2H3/t16-,22+/m1/s1. The molecule has 0 bridgehead atoms. The number of Topliss-reactive ketones (excluding diaryl/α,β-unsaturated/α-hetero) is 1. The normalized spacial score (nSPS) is 23.2. The number of likely N-dealkylation sites (tertiary alicyclic amines) is 1. The summed E-state index contributed by atoms with van der Waals surface area (Å²) in [4.78, 5) is 15.9. The number of carbonyl (C=O) groups is 1. The minimum absolute atomic E-state index is 0.0728. The van der Waals surface area contributed by atoms with E-state index in [0.717, 1.165) is 47.2 Å². The molecule has 1 aliphatic carbocycles. The number of hydrogen-bond acceptors (Lipinski definition) is 4. The predicted molar refractivity (Wildman–Crippen MR) is 111 cm³/mol. The van der Waals surface area contributed by atoms with Gasteiger partial charge in [-0.2, -0.15) is 5.26 Å². The summed E-state index contributed by atoms with van der Waals surface area (Å²) < 4.78 is 5.42. The van der Waals surface area contributed by atoms with Crippen molar-refractivity contribution < 1.29 is 9.53 Å². The van der Waals surface area contributed by atoms with Crippen molar-refractivity contribution in [1.82, 2.24) is 4.90 Å². The minimum atomic E-state index is 0.0728. The van der Waals surface area contributed by atoms with Gasteiger partial charge in [-0.1, -0.05) is 31.5 Å². The molecule has 1 heterocycles. The van der Waals surface area contributed by atoms with Crippen molar-refractivity contribution in [2.75, 3.05) is 20.2 Å². The number of nitriles is 1. The molecule has 1 saturated carbocycles. The molecule has 1 saturated heterocycles. The molecular formula is C24H28N2O2. The third kappa shape index (κ3) is 3.40. The average Bonchev–Trinajstić information content (AvgIpc) is 2.67. The van der Waals surface area contributed by atoms with E-state index in [1.165, 1.54) is 19.3 Å². The lowest BCUT2D eigenvalue weighted by atomic mass is 9.79. The molecule has 4 nitrogen and oxygen atoms in total. The molecule has 0 amide bonds. The number of ketones is 1. The zero-order chi connectivity index (χ0) is 19.7. The predicted octanol–water partition coefficient (Wildman–Crippen LogP) is 4.61. The fraction of sp³-hybridized carbons (Fsp3) is 0.500. The van der Waals surface area contributed by atoms with Crippen molar-refractivity contribution in [2.45, 2.75) is 45.1 Å². The van der Waals surface area contributed by atoms with Crippen LogP contribution < -0.4 is 4.74 Å². The summed E-state index contributed by atoms with van der Waals surface area (Å²) in [6, 6.07) is 12.7. The molecule has 0 N–H and O–H groups in total. The van der Waals surface area contributed by atoms with Crippen molar-refractivity contribution >= 4 is 16.6 Å². The molecule has 0 unspecified atom stereocenters. The highest BCUT2D eigenvalue weighted by Gasteiger charge is 2.36. The second-order valence-corrected chi connectivity index (χ2v) is 8.33. The molecular weight excluding hydrogens is 348 g/mol. The van der Waals surface area contributed by atoms with Gasteiger partial charge in [0.05, 0.1) is 19.6 Å². The Morgan fingerprint density at radius 3 is 2.75 bits per heavy atom. The Morgan fingerprint density at radius 2 is 2.07 bits per heavy atom. The highest BCUT2D eigenvalue weighted by molar-refractivity contribution is 6.02. The van der Waals surface area contributed by atoms with Crippen molar-refractivity contribution in [1.29, 1.82) is 5.26 Å². The van der Waals surface area contributed by atoms with E-state index in [9.17, 15) is 10.1 Å². The summed E-state index contributed by atoms with van der Waals surface area (Å²) in [5.41, 5.74) is 1.68. The van der Waals surface area contributed by atoms with Crippen LogP contribution >= 0.6 is 0 Å². The number of carbonyl (C=O) groups excluding carboxylic acids is 1. The zero-order valence-corrected chi connectivity index (χ0v) is 16.8. The monoisotopic (exact) mass is 376 g/mol. The van der Waals surface area contributed by atoms with Gasteiger partial charge in [-0.05, 0) is 54.6 Å². The largest absolute Gasteiger partial charge is 0.496 e. The molecule has 28 heavy (non-hydrogen) atoms. The summed E-state index contributed by atoms with van der Waals surface area (Å²) >= 11 is 0. The summed E-state index contributed by atoms with van der Waals surface area (Å²) in [5.74, 6) is 1.48. The van der Waals surface area contributed by atoms with Gasteiger partial charge in [0.15, 0.2) is 5.78 Å². The van der Waals surface area contributed by atoms with Crippen molar-refractivity contribution in [3.8, 4) is 11.8 Å². The zero-order valence-electron chi connectivity index (χ0n) is 16.8. The molecule has 0 aromatic heterocycles. The number of fused-ring (bicyclic) bond motifs is 1. The van der Waals surface area contributed by atoms with Crippen LogP contribution in [0.2, 0.25) is 0 Å². The number of piperidine rings is 1. The molecule has 0 radical (unpaired) electrons. The second-order valence-electron chi connectivity index (χ2n) is 8.33. The molecule has 1 aliphatic heterocycles. The summed E-state index contributed by atoms with van der Waals surface area (Å²) in [6.45, 7) is 4.24. The van der Waals surface area contributed by atoms with Crippen LogP contribution in [0.1, 0.15) is 48.5 Å². The van der Waals surface area contributed by atoms with Crippen molar-refractivity contribution in [3.63, 3.8) is 0 Å². The van der Waals surface area contributed by atoms with Gasteiger partial charge < -0.3 is 4.74 Å². The van der Waals surface area contributed by atoms with Crippen LogP contribution in [-0.4, -0.2) is 36.9 Å². The Labute approximate surface area is 167 Å². The van der Waals surface area contributed by atoms with Gasteiger partial charge in [0.2, 0.25) is 0 Å². The first-order chi connectivity index (χ1) is 13.6. The molecule has 2 fully saturated rings. The Bertz CT molecular complexity index is 926. The van der Waals surface area contributed by atoms with Gasteiger partial charge in [0.25, 0.3) is 0 Å². The number of nitrogens with zero attached hydrogens (tertiary/aromatic N) is 2. The topological polar surface area (TPSA) is 53.3 Å². The van der Waals surface area contributed by atoms with E-state index in [0.29, 0.717) is 18.4 Å². The minimum Gasteiger partial charge on any atom is -0.496 e. The lowest BCUT2D eigenvalue weighted by Crippen LogP contribution is -2.49. The van der Waals surface area contributed by atoms with Crippen LogP contribution in [0.3, 0.4) is 0 Å². The van der Waals surface area contributed by atoms with Crippen LogP contribution in [0.25, 0.3) is 10.8 Å². The van der Waals surface area contributed by atoms with E-state index in [2.05, 4.69) is 17.9 Å². The summed E-state index contributed by atoms with van der Waals surface area (Å²) in [6.07, 6.45) is 5.30. The van der Waals surface area contributed by atoms with E-state index in [1.54, 1.807) is 7.11 Å². The number of hydrogen-bond donors (Lipinski definition) is 0. The van der Waals surface area contributed by atoms with Gasteiger partial charge in [-0.3, -0.25) is 9.69 Å². The average molecular weight is 377 g/mol. The van der Waals surface area contributed by atoms with E-state index < -0.39 is 0 Å². The summed E-state index contributed by atoms with van der Waals surface area (Å²) in [7, 11) is 1.62. The highest BCUT2D eigenvalue weighted by Crippen LogP contribution is 2.34. The van der Waals surface area contributed by atoms with E-state index in [4.69, 9.17) is 4.74 Å². The maximum Gasteiger partial charge on any atom is 0.167 e. The lowest BCUT2D eigenvalue weighted by molar-refractivity contribution is 0.0445. The van der Waals surface area contributed by atoms with Gasteiger partial charge in [0.1, 0.15) is 5.75 Å². The fourth-order valence-electron chi connectivity index (χ4n) is 4.71. The first-order valence-corrected chi connectivity index (χ1v) is 10.4. The third-order valence-electron chi connectivity index (χ3n) is 6.77. The van der Waals surface area contributed by atoms with E-state index >= 15 is 0 Å². The van der Waals surface area contributed by atoms with Gasteiger partial charge in [-0.15, -0.1) is 0 Å². The molecule has 2 aromatic rings. The van der Waals surface area contributed by atoms with Crippen LogP contribution in [-0.2, 0) is 6.42 Å². The second kappa shape index (κ2) is 7.93. The quantitative estimate of drug-likeness (QED) is 0.715. The Morgan fingerprint density at radius 1 is 1.25 bits per heavy atom. The van der Waals surface area contributed by atoms with Gasteiger partial charge >= 0.3 is 0 Å². The van der Waals surface area contributed by atoms with Crippen molar-refractivity contribution in [3.05, 3.63) is 41.5 Å². The summed E-state index contributed by atoms with van der Waals surface area (Å²) in [5, 5.41) is 11.2. The van der Waals surface area contributed by atoms with Crippen LogP contribution in [0, 0.1) is 23.2 Å². The Kier molecular flexibility index (Phi) is 5.37. The van der Waals surface area contributed by atoms with Gasteiger partial charge in [0, 0.05) is 29.6 Å². The highest BCUT2D eigenvalue weighted by atomic mass is 16.5. The van der Waals surface area contributed by atoms with E-state index in [1.807, 2.05) is 30.3 Å². The lowest BCUT2D eigenvalue weighted by Gasteiger charge is -2.44. The van der Waals surface area contributed by atoms with Crippen LogP contribution in [0.4, 0.5) is 0 Å². The smallest absolute Gasteiger partial charge is 0.167 e. The third-order valence-corrected chi connectivity index (χ3v) is 6.77. The number of ether oxygens (including phenoxy) is 1. The molecule has 0 spiro atoms. The molecule has 146 valence electrons. The fourth-order valence-corrected chi connectivity index (χ4v) is 4.71. The number of rotatable bonds is 5. The molecule has 2 aromatic carbocycles. The van der Waals surface area contributed by atoms with Crippen LogP contribution in [0.5, 0.6) is 5.75 Å². The molecule has 4 heteroatoms. The maximum atomic E-state index is 13.4. The SMILES string of the molecule is COc1ccc2cc(C(=O)[C@H]3CN(C4CCC4)CC[C@H]3C)ccc2c1CC#N. The number of benzene rings is 2. The molecule has 4 rings (SSSR count). The maximum absolute atomic E-state index is 13.4. The van der Waals surface area contributed by atoms with E-state index in [-0.39, 0.29) is 11.7 Å². The molecule has 2 atom stereocenters. The van der Waals surface area contributed by atoms with Crippen molar-refractivity contribution in [2.24, 2.45) is 11.8 Å².